The molecule has 2 aromatic rings. The number of aromatic nitrogens is 2. The predicted octanol–water partition coefficient (Wildman–Crippen LogP) is 4.05. The maximum atomic E-state index is 11.5. The van der Waals surface area contributed by atoms with Crippen LogP contribution < -0.4 is 10.5 Å². The quantitative estimate of drug-likeness (QED) is 0.275. The van der Waals surface area contributed by atoms with Gasteiger partial charge in [0.1, 0.15) is 23.2 Å². The van der Waals surface area contributed by atoms with Crippen molar-refractivity contribution in [1.29, 1.82) is 15.8 Å². The third-order valence-electron chi connectivity index (χ3n) is 7.31. The zero-order valence-corrected chi connectivity index (χ0v) is 26.7. The van der Waals surface area contributed by atoms with Crippen LogP contribution in [0, 0.1) is 69.3 Å². The second-order valence-corrected chi connectivity index (χ2v) is 10.1. The van der Waals surface area contributed by atoms with E-state index < -0.39 is 16.3 Å². The van der Waals surface area contributed by atoms with Gasteiger partial charge in [-0.15, -0.1) is 0 Å². The average Bonchev–Trinajstić information content (AvgIpc) is 3.30. The number of allylic oxidation sites excluding steroid dienone is 4. The fourth-order valence-corrected chi connectivity index (χ4v) is 5.63. The van der Waals surface area contributed by atoms with Gasteiger partial charge < -0.3 is 25.8 Å². The van der Waals surface area contributed by atoms with Crippen LogP contribution in [0.1, 0.15) is 68.5 Å². The Hall–Kier alpha value is -4.74. The number of aliphatic hydroxyl groups excluding tert-OH is 3. The van der Waals surface area contributed by atoms with Crippen molar-refractivity contribution < 1.29 is 25.0 Å². The molecule has 0 bridgehead atoms. The maximum absolute atomic E-state index is 11.5. The van der Waals surface area contributed by atoms with Crippen molar-refractivity contribution in [2.45, 2.75) is 66.3 Å². The molecule has 0 spiro atoms. The number of aryl methyl sites for hydroxylation is 1. The second kappa shape index (κ2) is 18.2. The fraction of sp³-hybridized carbons (Fsp3) is 0.500. The lowest BCUT2D eigenvalue weighted by Gasteiger charge is -2.43. The number of nitriles is 3. The Balaban J connectivity index is 0.00000101. The molecule has 5 N–H and O–H groups in total. The Morgan fingerprint density at radius 3 is 2.18 bits per heavy atom. The van der Waals surface area contributed by atoms with E-state index >= 15 is 0 Å². The molecule has 0 saturated heterocycles. The minimum Gasteiger partial charge on any atom is -0.496 e. The molecule has 0 aliphatic heterocycles. The lowest BCUT2D eigenvalue weighted by molar-refractivity contribution is -0.386. The molecule has 1 heterocycles. The van der Waals surface area contributed by atoms with Crippen molar-refractivity contribution in [1.82, 2.24) is 9.78 Å². The lowest BCUT2D eigenvalue weighted by atomic mass is 9.56. The molecule has 242 valence electrons. The zero-order valence-electron chi connectivity index (χ0n) is 26.7. The van der Waals surface area contributed by atoms with Gasteiger partial charge in [0.15, 0.2) is 5.41 Å². The van der Waals surface area contributed by atoms with Crippen LogP contribution >= 0.6 is 0 Å². The van der Waals surface area contributed by atoms with Gasteiger partial charge in [0.2, 0.25) is 0 Å². The lowest BCUT2D eigenvalue weighted by Crippen LogP contribution is -2.42. The highest BCUT2D eigenvalue weighted by atomic mass is 16.6. The van der Waals surface area contributed by atoms with Crippen LogP contribution in [-0.2, 0) is 6.54 Å². The highest BCUT2D eigenvalue weighted by molar-refractivity contribution is 5.59. The number of hydrogen-bond donors (Lipinski definition) is 4. The SMILES string of the molecule is CCO.CCO.CCO.COc1ccc(C2C3CCCC=C3C(C#N)=C(N)C2(C#N)C#N)cc1Cn1nc(C)c([N+](=O)[O-])c1C. The molecule has 0 amide bonds. The summed E-state index contributed by atoms with van der Waals surface area (Å²) in [4.78, 5) is 11.0. The van der Waals surface area contributed by atoms with Gasteiger partial charge >= 0.3 is 5.69 Å². The zero-order chi connectivity index (χ0) is 34.3. The highest BCUT2D eigenvalue weighted by Gasteiger charge is 2.53. The summed E-state index contributed by atoms with van der Waals surface area (Å²) in [5.74, 6) is -0.281. The van der Waals surface area contributed by atoms with Crippen LogP contribution in [0.5, 0.6) is 5.75 Å². The molecule has 2 atom stereocenters. The van der Waals surface area contributed by atoms with Gasteiger partial charge in [0.25, 0.3) is 0 Å². The first-order valence-corrected chi connectivity index (χ1v) is 14.6. The number of nitro groups is 1. The van der Waals surface area contributed by atoms with E-state index in [1.54, 1.807) is 45.4 Å². The van der Waals surface area contributed by atoms with Gasteiger partial charge in [0.05, 0.1) is 42.0 Å². The van der Waals surface area contributed by atoms with Crippen molar-refractivity contribution in [2.24, 2.45) is 17.1 Å². The number of aliphatic hydroxyl groups is 3. The van der Waals surface area contributed by atoms with E-state index in [9.17, 15) is 25.9 Å². The molecule has 1 aromatic heterocycles. The molecule has 45 heavy (non-hydrogen) atoms. The summed E-state index contributed by atoms with van der Waals surface area (Å²) in [5.41, 5.74) is 7.75. The van der Waals surface area contributed by atoms with Crippen LogP contribution in [0.3, 0.4) is 0 Å². The summed E-state index contributed by atoms with van der Waals surface area (Å²) >= 11 is 0. The van der Waals surface area contributed by atoms with E-state index in [0.717, 1.165) is 18.4 Å². The van der Waals surface area contributed by atoms with E-state index in [-0.39, 0.29) is 49.2 Å². The summed E-state index contributed by atoms with van der Waals surface area (Å²) in [6, 6.07) is 11.9. The predicted molar refractivity (Wildman–Crippen MR) is 167 cm³/mol. The first-order chi connectivity index (χ1) is 21.5. The van der Waals surface area contributed by atoms with E-state index in [1.165, 1.54) is 7.11 Å². The third kappa shape index (κ3) is 8.25. The number of ether oxygens (including phenoxy) is 1. The first-order valence-electron chi connectivity index (χ1n) is 14.6. The molecule has 4 rings (SSSR count). The monoisotopic (exact) mass is 621 g/mol. The molecule has 1 aromatic carbocycles. The van der Waals surface area contributed by atoms with Crippen molar-refractivity contribution in [3.63, 3.8) is 0 Å². The fourth-order valence-electron chi connectivity index (χ4n) is 5.63. The van der Waals surface area contributed by atoms with Gasteiger partial charge in [-0.25, -0.2) is 0 Å². The second-order valence-electron chi connectivity index (χ2n) is 10.1. The molecule has 2 unspecified atom stereocenters. The molecule has 0 saturated carbocycles. The van der Waals surface area contributed by atoms with Crippen LogP contribution in [0.15, 0.2) is 41.1 Å². The van der Waals surface area contributed by atoms with Crippen LogP contribution in [0.4, 0.5) is 5.69 Å². The molecule has 0 radical (unpaired) electrons. The Morgan fingerprint density at radius 1 is 1.13 bits per heavy atom. The van der Waals surface area contributed by atoms with E-state index in [2.05, 4.69) is 23.3 Å². The number of benzene rings is 1. The molecular formula is C32H43N7O6. The van der Waals surface area contributed by atoms with Gasteiger partial charge in [-0.2, -0.15) is 20.9 Å². The molecule has 13 nitrogen and oxygen atoms in total. The van der Waals surface area contributed by atoms with Crippen molar-refractivity contribution in [3.8, 4) is 24.0 Å². The van der Waals surface area contributed by atoms with Gasteiger partial charge in [-0.1, -0.05) is 12.1 Å². The number of nitrogens with zero attached hydrogens (tertiary/aromatic N) is 6. The number of fused-ring (bicyclic) bond motifs is 1. The topological polar surface area (TPSA) is 228 Å². The minimum absolute atomic E-state index is 0.0176. The van der Waals surface area contributed by atoms with E-state index in [4.69, 9.17) is 25.8 Å². The molecule has 13 heteroatoms. The Labute approximate surface area is 264 Å². The molecular weight excluding hydrogens is 578 g/mol. The van der Waals surface area contributed by atoms with E-state index in [1.807, 2.05) is 18.2 Å². The number of methoxy groups -OCH3 is 1. The summed E-state index contributed by atoms with van der Waals surface area (Å²) in [5, 5.41) is 68.9. The summed E-state index contributed by atoms with van der Waals surface area (Å²) < 4.78 is 7.11. The van der Waals surface area contributed by atoms with Crippen molar-refractivity contribution >= 4 is 5.69 Å². The summed E-state index contributed by atoms with van der Waals surface area (Å²) in [6.07, 6.45) is 4.37. The highest BCUT2D eigenvalue weighted by Crippen LogP contribution is 2.56. The van der Waals surface area contributed by atoms with Crippen molar-refractivity contribution in [2.75, 3.05) is 26.9 Å². The van der Waals surface area contributed by atoms with Crippen molar-refractivity contribution in [3.05, 3.63) is 73.7 Å². The van der Waals surface area contributed by atoms with Crippen LogP contribution in [0.2, 0.25) is 0 Å². The Morgan fingerprint density at radius 2 is 1.71 bits per heavy atom. The number of hydrogen-bond acceptors (Lipinski definition) is 11. The first kappa shape index (κ1) is 38.3. The van der Waals surface area contributed by atoms with Crippen LogP contribution in [-0.4, -0.2) is 57.0 Å². The molecule has 0 fully saturated rings. The largest absolute Gasteiger partial charge is 0.496 e. The normalized spacial score (nSPS) is 17.5. The smallest absolute Gasteiger partial charge is 0.312 e. The third-order valence-corrected chi connectivity index (χ3v) is 7.31. The Kier molecular flexibility index (Phi) is 15.4. The van der Waals surface area contributed by atoms with Crippen LogP contribution in [0.25, 0.3) is 0 Å². The Bertz CT molecular complexity index is 1490. The summed E-state index contributed by atoms with van der Waals surface area (Å²) in [6.45, 7) is 9.21. The van der Waals surface area contributed by atoms with Gasteiger partial charge in [-0.3, -0.25) is 14.8 Å². The average molecular weight is 622 g/mol. The summed E-state index contributed by atoms with van der Waals surface area (Å²) in [7, 11) is 1.53. The van der Waals surface area contributed by atoms with E-state index in [0.29, 0.717) is 34.7 Å². The van der Waals surface area contributed by atoms with Gasteiger partial charge in [-0.05, 0) is 83.1 Å². The van der Waals surface area contributed by atoms with Gasteiger partial charge in [0, 0.05) is 31.3 Å². The molecule has 2 aliphatic rings. The standard InChI is InChI=1S/C26H25N7O3.3C2H6O/c1-15-24(33(34)35)16(2)32(31-15)12-18-10-17(8-9-22(18)36-3)23-20-7-5-4-6-19(20)21(11-27)25(30)26(23,13-28)14-29;3*1-2-3/h6,8-10,20,23H,4-5,7,12,30H2,1-3H3;3*3H,2H2,1H3. The molecule has 2 aliphatic carbocycles. The minimum atomic E-state index is -1.72. The number of rotatable bonds is 5. The number of nitrogens with two attached hydrogens (primary N) is 1. The maximum Gasteiger partial charge on any atom is 0.312 e.